The molecule has 0 radical (unpaired) electrons. The zero-order valence-corrected chi connectivity index (χ0v) is 21.4. The molecule has 34 heavy (non-hydrogen) atoms. The maximum Gasteiger partial charge on any atom is 1.00 e. The number of nitrogens with zero attached hydrogens (tertiary/aromatic N) is 2. The van der Waals surface area contributed by atoms with E-state index < -0.39 is 26.6 Å². The molecule has 5 rings (SSSR count). The van der Waals surface area contributed by atoms with Crippen LogP contribution in [0.15, 0.2) is 71.9 Å². The van der Waals surface area contributed by atoms with Gasteiger partial charge in [0.1, 0.15) is 21.7 Å². The Balaban J connectivity index is 0.00000274. The average Bonchev–Trinajstić information content (AvgIpc) is 3.41. The first-order valence-corrected chi connectivity index (χ1v) is 12.0. The average molecular weight is 506 g/mol. The Morgan fingerprint density at radius 1 is 0.941 bits per heavy atom. The SMILES string of the molecule is O=C1NCc2ccc(-c3ccc(-c4cncc([N-]S(=O)(=O)c5ccc(F)cc5F)c4)s3)cc21.[Na+]. The number of hydrogen-bond donors (Lipinski definition) is 1. The molecule has 0 saturated heterocycles. The maximum absolute atomic E-state index is 13.9. The van der Waals surface area contributed by atoms with E-state index in [9.17, 15) is 22.0 Å². The van der Waals surface area contributed by atoms with Crippen LogP contribution in [-0.2, 0) is 16.6 Å². The molecule has 3 heterocycles. The molecular formula is C23H14F2N3NaO3S2. The van der Waals surface area contributed by atoms with Crippen LogP contribution in [0, 0.1) is 11.6 Å². The fourth-order valence-electron chi connectivity index (χ4n) is 3.50. The van der Waals surface area contributed by atoms with Crippen LogP contribution in [0.25, 0.3) is 25.6 Å². The zero-order chi connectivity index (χ0) is 23.2. The van der Waals surface area contributed by atoms with Gasteiger partial charge < -0.3 is 10.0 Å². The first-order valence-electron chi connectivity index (χ1n) is 9.70. The molecule has 1 N–H and O–H groups in total. The Bertz CT molecular complexity index is 1520. The van der Waals surface area contributed by atoms with Crippen molar-refractivity contribution in [2.45, 2.75) is 11.4 Å². The molecule has 1 amide bonds. The van der Waals surface area contributed by atoms with Gasteiger partial charge in [-0.25, -0.2) is 17.2 Å². The van der Waals surface area contributed by atoms with Gasteiger partial charge in [0, 0.05) is 45.9 Å². The number of sulfonamides is 1. The van der Waals surface area contributed by atoms with Crippen molar-refractivity contribution in [3.8, 4) is 20.9 Å². The quantitative estimate of drug-likeness (QED) is 0.422. The molecule has 2 aromatic heterocycles. The minimum atomic E-state index is -4.40. The summed E-state index contributed by atoms with van der Waals surface area (Å²) >= 11 is 1.45. The van der Waals surface area contributed by atoms with E-state index in [-0.39, 0.29) is 41.2 Å². The van der Waals surface area contributed by atoms with Crippen LogP contribution in [0.2, 0.25) is 0 Å². The third-order valence-electron chi connectivity index (χ3n) is 5.09. The summed E-state index contributed by atoms with van der Waals surface area (Å²) < 4.78 is 55.7. The Labute approximate surface area is 220 Å². The molecule has 0 saturated carbocycles. The van der Waals surface area contributed by atoms with Crippen LogP contribution in [0.4, 0.5) is 14.5 Å². The molecule has 6 nitrogen and oxygen atoms in total. The van der Waals surface area contributed by atoms with Crippen LogP contribution in [-0.4, -0.2) is 19.3 Å². The van der Waals surface area contributed by atoms with Gasteiger partial charge in [-0.3, -0.25) is 9.78 Å². The van der Waals surface area contributed by atoms with E-state index >= 15 is 0 Å². The van der Waals surface area contributed by atoms with Gasteiger partial charge in [0.25, 0.3) is 5.91 Å². The van der Waals surface area contributed by atoms with Gasteiger partial charge in [-0.15, -0.1) is 17.0 Å². The van der Waals surface area contributed by atoms with E-state index in [1.54, 1.807) is 6.20 Å². The molecule has 0 aliphatic carbocycles. The number of hydrogen-bond acceptors (Lipinski definition) is 5. The van der Waals surface area contributed by atoms with Crippen LogP contribution >= 0.6 is 11.3 Å². The van der Waals surface area contributed by atoms with Crippen LogP contribution in [0.1, 0.15) is 15.9 Å². The second kappa shape index (κ2) is 9.55. The van der Waals surface area contributed by atoms with Crippen molar-refractivity contribution in [1.29, 1.82) is 0 Å². The summed E-state index contributed by atoms with van der Waals surface area (Å²) in [5.74, 6) is -2.19. The number of fused-ring (bicyclic) bond motifs is 1. The fourth-order valence-corrected chi connectivity index (χ4v) is 5.50. The number of thiophene rings is 1. The molecule has 0 unspecified atom stereocenters. The maximum atomic E-state index is 13.9. The molecule has 1 aliphatic heterocycles. The first kappa shape index (κ1) is 24.5. The van der Waals surface area contributed by atoms with E-state index in [2.05, 4.69) is 15.0 Å². The summed E-state index contributed by atoms with van der Waals surface area (Å²) in [7, 11) is -4.40. The van der Waals surface area contributed by atoms with Crippen LogP contribution in [0.3, 0.4) is 0 Å². The summed E-state index contributed by atoms with van der Waals surface area (Å²) in [6, 6.07) is 13.2. The number of carbonyl (C=O) groups is 1. The van der Waals surface area contributed by atoms with Crippen molar-refractivity contribution in [3.05, 3.63) is 94.5 Å². The Morgan fingerprint density at radius 2 is 1.71 bits per heavy atom. The van der Waals surface area contributed by atoms with E-state index in [0.717, 1.165) is 33.0 Å². The number of amides is 1. The monoisotopic (exact) mass is 505 g/mol. The van der Waals surface area contributed by atoms with Gasteiger partial charge in [0.05, 0.1) is 4.90 Å². The second-order valence-corrected chi connectivity index (χ2v) is 9.95. The second-order valence-electron chi connectivity index (χ2n) is 7.29. The molecule has 0 spiro atoms. The van der Waals surface area contributed by atoms with Crippen molar-refractivity contribution in [3.63, 3.8) is 0 Å². The Kier molecular flexibility index (Phi) is 6.88. The molecule has 0 atom stereocenters. The smallest absolute Gasteiger partial charge is 0.571 e. The van der Waals surface area contributed by atoms with Crippen LogP contribution < -0.4 is 34.9 Å². The molecular weight excluding hydrogens is 491 g/mol. The van der Waals surface area contributed by atoms with Crippen molar-refractivity contribution < 1.29 is 51.6 Å². The molecule has 0 fully saturated rings. The third-order valence-corrected chi connectivity index (χ3v) is 7.61. The number of rotatable bonds is 5. The molecule has 166 valence electrons. The minimum Gasteiger partial charge on any atom is -0.571 e. The predicted molar refractivity (Wildman–Crippen MR) is 121 cm³/mol. The van der Waals surface area contributed by atoms with Gasteiger partial charge in [0.2, 0.25) is 0 Å². The summed E-state index contributed by atoms with van der Waals surface area (Å²) in [6.45, 7) is 0.525. The first-order chi connectivity index (χ1) is 15.8. The number of benzene rings is 2. The van der Waals surface area contributed by atoms with Crippen molar-refractivity contribution in [2.24, 2.45) is 0 Å². The minimum absolute atomic E-state index is 0. The predicted octanol–water partition coefficient (Wildman–Crippen LogP) is 2.40. The molecule has 4 aromatic rings. The van der Waals surface area contributed by atoms with Crippen molar-refractivity contribution >= 4 is 33.0 Å². The van der Waals surface area contributed by atoms with Crippen LogP contribution in [0.5, 0.6) is 0 Å². The number of nitrogens with one attached hydrogen (secondary N) is 1. The molecule has 0 bridgehead atoms. The van der Waals surface area contributed by atoms with Gasteiger partial charge in [-0.05, 0) is 41.5 Å². The third kappa shape index (κ3) is 4.77. The van der Waals surface area contributed by atoms with Crippen molar-refractivity contribution in [2.75, 3.05) is 0 Å². The Hall–Kier alpha value is -2.63. The number of carbonyl (C=O) groups excluding carboxylic acids is 1. The van der Waals surface area contributed by atoms with Gasteiger partial charge in [0.15, 0.2) is 0 Å². The molecule has 11 heteroatoms. The zero-order valence-electron chi connectivity index (χ0n) is 17.7. The van der Waals surface area contributed by atoms with E-state index in [1.165, 1.54) is 23.6 Å². The van der Waals surface area contributed by atoms with E-state index in [4.69, 9.17) is 0 Å². The summed E-state index contributed by atoms with van der Waals surface area (Å²) in [4.78, 5) is 17.0. The largest absolute Gasteiger partial charge is 1.00 e. The van der Waals surface area contributed by atoms with E-state index in [0.29, 0.717) is 23.7 Å². The Morgan fingerprint density at radius 3 is 2.47 bits per heavy atom. The fraction of sp³-hybridized carbons (Fsp3) is 0.0435. The summed E-state index contributed by atoms with van der Waals surface area (Å²) in [5.41, 5.74) is 3.15. The van der Waals surface area contributed by atoms with Gasteiger partial charge in [-0.1, -0.05) is 18.2 Å². The molecule has 2 aromatic carbocycles. The van der Waals surface area contributed by atoms with Gasteiger partial charge >= 0.3 is 29.6 Å². The number of pyridine rings is 1. The topological polar surface area (TPSA) is 90.2 Å². The number of aromatic nitrogens is 1. The van der Waals surface area contributed by atoms with E-state index in [1.807, 2.05) is 30.3 Å². The molecule has 1 aliphatic rings. The summed E-state index contributed by atoms with van der Waals surface area (Å²) in [5, 5.41) is 2.79. The summed E-state index contributed by atoms with van der Waals surface area (Å²) in [6.07, 6.45) is 2.81. The van der Waals surface area contributed by atoms with Gasteiger partial charge in [-0.2, -0.15) is 0 Å². The van der Waals surface area contributed by atoms with Crippen molar-refractivity contribution in [1.82, 2.24) is 10.3 Å². The standard InChI is InChI=1S/C23H14F2N3O3S2.Na/c24-16-3-6-22(19(25)9-16)33(30,31)28-17-7-15(10-26-12-17)21-5-4-20(32-21)13-1-2-14-11-27-23(29)18(14)8-13;/h1-10,12H,11H2,(H,27,29);/q-1;+1. The normalized spacial score (nSPS) is 12.6. The number of halogens is 2.